The molecule has 4 nitrogen and oxygen atoms in total. The van der Waals surface area contributed by atoms with Gasteiger partial charge in [-0.3, -0.25) is 0 Å². The Morgan fingerprint density at radius 3 is 2.58 bits per heavy atom. The first-order chi connectivity index (χ1) is 12.5. The molecule has 1 atom stereocenters. The molecule has 0 radical (unpaired) electrons. The second-order valence-electron chi connectivity index (χ2n) is 6.70. The van der Waals surface area contributed by atoms with Crippen molar-refractivity contribution in [2.45, 2.75) is 18.8 Å². The third kappa shape index (κ3) is 3.60. The predicted octanol–water partition coefficient (Wildman–Crippen LogP) is 3.64. The van der Waals surface area contributed by atoms with Gasteiger partial charge in [0.2, 0.25) is 0 Å². The van der Waals surface area contributed by atoms with Gasteiger partial charge in [-0.05, 0) is 59.9 Å². The topological polar surface area (TPSA) is 56.5 Å². The van der Waals surface area contributed by atoms with Crippen molar-refractivity contribution in [3.8, 4) is 5.75 Å². The number of hydrogen-bond acceptors (Lipinski definition) is 4. The van der Waals surface area contributed by atoms with Crippen LogP contribution in [0.3, 0.4) is 0 Å². The largest absolute Gasteiger partial charge is 0.496 e. The zero-order valence-electron chi connectivity index (χ0n) is 15.4. The van der Waals surface area contributed by atoms with Crippen LogP contribution in [-0.4, -0.2) is 27.4 Å². The van der Waals surface area contributed by atoms with Crippen molar-refractivity contribution in [3.63, 3.8) is 0 Å². The monoisotopic (exact) mass is 416 g/mol. The van der Waals surface area contributed by atoms with Crippen LogP contribution >= 0.6 is 15.9 Å². The van der Waals surface area contributed by atoms with Crippen LogP contribution in [0.5, 0.6) is 5.75 Å². The Hall–Kier alpha value is -1.98. The van der Waals surface area contributed by atoms with Crippen molar-refractivity contribution in [1.29, 1.82) is 0 Å². The molecule has 0 saturated carbocycles. The van der Waals surface area contributed by atoms with Gasteiger partial charge in [0, 0.05) is 18.1 Å². The highest BCUT2D eigenvalue weighted by Gasteiger charge is 2.37. The highest BCUT2D eigenvalue weighted by molar-refractivity contribution is 9.10. The summed E-state index contributed by atoms with van der Waals surface area (Å²) < 4.78 is 11.7. The second kappa shape index (κ2) is 7.72. The molecule has 0 fully saturated rings. The van der Waals surface area contributed by atoms with Gasteiger partial charge in [-0.25, -0.2) is 0 Å². The molecule has 0 aromatic heterocycles. The van der Waals surface area contributed by atoms with Crippen LogP contribution in [-0.2, 0) is 16.6 Å². The van der Waals surface area contributed by atoms with Gasteiger partial charge in [0.1, 0.15) is 5.75 Å². The quantitative estimate of drug-likeness (QED) is 0.754. The molecular weight excluding hydrogens is 392 g/mol. The Bertz CT molecular complexity index is 835. The maximum absolute atomic E-state index is 6.13. The molecule has 1 unspecified atom stereocenters. The van der Waals surface area contributed by atoms with Gasteiger partial charge < -0.3 is 20.5 Å². The third-order valence-corrected chi connectivity index (χ3v) is 5.41. The van der Waals surface area contributed by atoms with E-state index in [1.807, 2.05) is 6.07 Å². The fourth-order valence-electron chi connectivity index (χ4n) is 3.57. The second-order valence-corrected chi connectivity index (χ2v) is 7.62. The van der Waals surface area contributed by atoms with E-state index in [4.69, 9.17) is 15.2 Å². The maximum atomic E-state index is 6.13. The maximum Gasteiger partial charge on any atom is 0.121 e. The summed E-state index contributed by atoms with van der Waals surface area (Å²) in [7, 11) is 3.42. The summed E-state index contributed by atoms with van der Waals surface area (Å²) in [5, 5.41) is 3.31. The predicted molar refractivity (Wildman–Crippen MR) is 109 cm³/mol. The van der Waals surface area contributed by atoms with Crippen LogP contribution in [0.1, 0.15) is 22.3 Å². The van der Waals surface area contributed by atoms with E-state index in [1.165, 1.54) is 16.7 Å². The van der Waals surface area contributed by atoms with Crippen LogP contribution in [0, 0.1) is 6.92 Å². The van der Waals surface area contributed by atoms with Crippen molar-refractivity contribution in [2.24, 2.45) is 5.73 Å². The summed E-state index contributed by atoms with van der Waals surface area (Å²) in [4.78, 5) is 0. The molecule has 1 heterocycles. The van der Waals surface area contributed by atoms with Crippen LogP contribution < -0.4 is 15.8 Å². The van der Waals surface area contributed by atoms with Crippen molar-refractivity contribution < 1.29 is 9.47 Å². The van der Waals surface area contributed by atoms with Crippen LogP contribution in [0.2, 0.25) is 0 Å². The molecule has 0 aliphatic carbocycles. The first-order valence-corrected chi connectivity index (χ1v) is 9.44. The lowest BCUT2D eigenvalue weighted by Gasteiger charge is -2.29. The van der Waals surface area contributed by atoms with E-state index in [2.05, 4.69) is 64.6 Å². The van der Waals surface area contributed by atoms with E-state index >= 15 is 0 Å². The number of aryl methyl sites for hydroxylation is 1. The Kier molecular flexibility index (Phi) is 5.58. The molecule has 26 heavy (non-hydrogen) atoms. The van der Waals surface area contributed by atoms with E-state index in [9.17, 15) is 0 Å². The number of halogens is 1. The lowest BCUT2D eigenvalue weighted by atomic mass is 9.74. The summed E-state index contributed by atoms with van der Waals surface area (Å²) in [6.45, 7) is 3.49. The Morgan fingerprint density at radius 1 is 1.15 bits per heavy atom. The Morgan fingerprint density at radius 2 is 1.96 bits per heavy atom. The number of nitrogens with one attached hydrogen (secondary N) is 1. The van der Waals surface area contributed by atoms with Crippen LogP contribution in [0.4, 0.5) is 0 Å². The number of ether oxygens (including phenoxy) is 2. The normalized spacial score (nSPS) is 19.2. The van der Waals surface area contributed by atoms with Gasteiger partial charge in [-0.15, -0.1) is 0 Å². The minimum Gasteiger partial charge on any atom is -0.496 e. The van der Waals surface area contributed by atoms with Gasteiger partial charge in [-0.1, -0.05) is 34.1 Å². The highest BCUT2D eigenvalue weighted by Crippen LogP contribution is 2.39. The molecule has 2 aromatic rings. The van der Waals surface area contributed by atoms with E-state index in [0.717, 1.165) is 28.8 Å². The molecule has 2 aromatic carbocycles. The zero-order valence-corrected chi connectivity index (χ0v) is 17.0. The van der Waals surface area contributed by atoms with Crippen molar-refractivity contribution in [1.82, 2.24) is 5.32 Å². The number of methoxy groups -OCH3 is 2. The van der Waals surface area contributed by atoms with Crippen LogP contribution in [0.15, 0.2) is 52.8 Å². The third-order valence-electron chi connectivity index (χ3n) is 4.95. The minimum atomic E-state index is -0.313. The summed E-state index contributed by atoms with van der Waals surface area (Å²) >= 11 is 3.67. The minimum absolute atomic E-state index is 0.313. The van der Waals surface area contributed by atoms with E-state index in [1.54, 1.807) is 14.2 Å². The van der Waals surface area contributed by atoms with Gasteiger partial charge in [-0.2, -0.15) is 0 Å². The lowest BCUT2D eigenvalue weighted by molar-refractivity contribution is 0.202. The van der Waals surface area contributed by atoms with Crippen molar-refractivity contribution in [2.75, 3.05) is 27.4 Å². The van der Waals surface area contributed by atoms with Gasteiger partial charge in [0.25, 0.3) is 0 Å². The Balaban J connectivity index is 2.12. The van der Waals surface area contributed by atoms with E-state index in [0.29, 0.717) is 12.4 Å². The van der Waals surface area contributed by atoms with E-state index in [-0.39, 0.29) is 5.41 Å². The molecule has 3 rings (SSSR count). The zero-order chi connectivity index (χ0) is 18.7. The fraction of sp³-hybridized carbons (Fsp3) is 0.333. The SMILES string of the molecule is COCCc1cc(Br)cc(C2(c3ccc(OC)c(C)c3)C=C(N)NC2)c1. The average molecular weight is 417 g/mol. The first-order valence-electron chi connectivity index (χ1n) is 8.65. The summed E-state index contributed by atoms with van der Waals surface area (Å²) in [5.41, 5.74) is 10.6. The molecule has 3 N–H and O–H groups in total. The van der Waals surface area contributed by atoms with Gasteiger partial charge in [0.15, 0.2) is 0 Å². The molecule has 0 saturated heterocycles. The summed E-state index contributed by atoms with van der Waals surface area (Å²) in [6, 6.07) is 12.9. The molecular formula is C21H25BrN2O2. The van der Waals surface area contributed by atoms with Gasteiger partial charge in [0.05, 0.1) is 25.0 Å². The molecule has 0 bridgehead atoms. The fourth-order valence-corrected chi connectivity index (χ4v) is 4.12. The molecule has 1 aliphatic rings. The van der Waals surface area contributed by atoms with Gasteiger partial charge >= 0.3 is 0 Å². The van der Waals surface area contributed by atoms with E-state index < -0.39 is 0 Å². The van der Waals surface area contributed by atoms with Crippen molar-refractivity contribution in [3.05, 3.63) is 75.0 Å². The number of benzene rings is 2. The van der Waals surface area contributed by atoms with Crippen LogP contribution in [0.25, 0.3) is 0 Å². The molecule has 0 amide bonds. The standard InChI is InChI=1S/C21H25BrN2O2/c1-14-8-16(4-5-19(14)26-3)21(12-20(23)24-13-21)17-9-15(6-7-25-2)10-18(22)11-17/h4-5,8-12,24H,6-7,13,23H2,1-3H3. The van der Waals surface area contributed by atoms with Crippen molar-refractivity contribution >= 4 is 15.9 Å². The Labute approximate surface area is 163 Å². The lowest BCUT2D eigenvalue weighted by Crippen LogP contribution is -2.31. The number of nitrogens with two attached hydrogens (primary N) is 1. The first kappa shape index (κ1) is 18.8. The average Bonchev–Trinajstić information content (AvgIpc) is 3.02. The number of hydrogen-bond donors (Lipinski definition) is 2. The molecule has 5 heteroatoms. The molecule has 1 aliphatic heterocycles. The molecule has 0 spiro atoms. The highest BCUT2D eigenvalue weighted by atomic mass is 79.9. The smallest absolute Gasteiger partial charge is 0.121 e. The summed E-state index contributed by atoms with van der Waals surface area (Å²) in [6.07, 6.45) is 2.99. The number of rotatable bonds is 6. The summed E-state index contributed by atoms with van der Waals surface area (Å²) in [5.74, 6) is 1.60. The molecule has 138 valence electrons.